The van der Waals surface area contributed by atoms with E-state index in [9.17, 15) is 18.3 Å². The Labute approximate surface area is 140 Å². The maximum absolute atomic E-state index is 12.6. The van der Waals surface area contributed by atoms with Crippen LogP contribution in [0.25, 0.3) is 0 Å². The standard InChI is InChI=1S/C16H16ClNO4S/c1-9-4-5-12(17)7-14(9)18-23(21,22)15-8-13(16(19)20)10(2)6-11(15)3/h4-8,18H,1-3H3,(H,19,20). The Morgan fingerprint density at radius 2 is 1.70 bits per heavy atom. The first-order valence-corrected chi connectivity index (χ1v) is 8.61. The van der Waals surface area contributed by atoms with Gasteiger partial charge in [-0.15, -0.1) is 0 Å². The van der Waals surface area contributed by atoms with Crippen molar-refractivity contribution < 1.29 is 18.3 Å². The van der Waals surface area contributed by atoms with Gasteiger partial charge >= 0.3 is 5.97 Å². The fourth-order valence-electron chi connectivity index (χ4n) is 2.26. The fraction of sp³-hybridized carbons (Fsp3) is 0.188. The molecule has 0 aliphatic carbocycles. The molecule has 2 N–H and O–H groups in total. The Morgan fingerprint density at radius 1 is 1.04 bits per heavy atom. The predicted molar refractivity (Wildman–Crippen MR) is 89.9 cm³/mol. The number of sulfonamides is 1. The van der Waals surface area contributed by atoms with E-state index in [1.54, 1.807) is 39.0 Å². The smallest absolute Gasteiger partial charge is 0.335 e. The van der Waals surface area contributed by atoms with E-state index in [2.05, 4.69) is 4.72 Å². The van der Waals surface area contributed by atoms with Crippen LogP contribution in [0.15, 0.2) is 35.2 Å². The van der Waals surface area contributed by atoms with E-state index in [0.717, 1.165) is 0 Å². The highest BCUT2D eigenvalue weighted by molar-refractivity contribution is 7.92. The molecule has 0 fully saturated rings. The molecule has 0 saturated carbocycles. The van der Waals surface area contributed by atoms with Gasteiger partial charge in [0.1, 0.15) is 0 Å². The third-order valence-electron chi connectivity index (χ3n) is 3.49. The summed E-state index contributed by atoms with van der Waals surface area (Å²) in [6.07, 6.45) is 0. The Bertz CT molecular complexity index is 891. The van der Waals surface area contributed by atoms with Crippen molar-refractivity contribution in [3.63, 3.8) is 0 Å². The minimum Gasteiger partial charge on any atom is -0.478 e. The summed E-state index contributed by atoms with van der Waals surface area (Å²) in [5.74, 6) is -1.17. The monoisotopic (exact) mass is 353 g/mol. The molecule has 0 spiro atoms. The predicted octanol–water partition coefficient (Wildman–Crippen LogP) is 3.76. The maximum atomic E-state index is 12.6. The van der Waals surface area contributed by atoms with Gasteiger partial charge in [-0.05, 0) is 55.7 Å². The highest BCUT2D eigenvalue weighted by Crippen LogP contribution is 2.26. The molecule has 0 aliphatic rings. The van der Waals surface area contributed by atoms with E-state index < -0.39 is 16.0 Å². The molecule has 2 aromatic carbocycles. The zero-order valence-corrected chi connectivity index (χ0v) is 14.4. The molecule has 0 atom stereocenters. The van der Waals surface area contributed by atoms with Gasteiger partial charge in [-0.3, -0.25) is 4.72 Å². The zero-order valence-electron chi connectivity index (χ0n) is 12.8. The van der Waals surface area contributed by atoms with Crippen LogP contribution < -0.4 is 4.72 Å². The lowest BCUT2D eigenvalue weighted by Crippen LogP contribution is -2.16. The van der Waals surface area contributed by atoms with Crippen molar-refractivity contribution in [2.45, 2.75) is 25.7 Å². The van der Waals surface area contributed by atoms with Gasteiger partial charge < -0.3 is 5.11 Å². The number of benzene rings is 2. The molecule has 0 radical (unpaired) electrons. The number of carboxylic acid groups (broad SMARTS) is 1. The molecule has 2 aromatic rings. The molecule has 0 bridgehead atoms. The van der Waals surface area contributed by atoms with Crippen LogP contribution >= 0.6 is 11.6 Å². The van der Waals surface area contributed by atoms with E-state index in [0.29, 0.717) is 27.4 Å². The number of hydrogen-bond donors (Lipinski definition) is 2. The van der Waals surface area contributed by atoms with Crippen molar-refractivity contribution in [2.75, 3.05) is 4.72 Å². The van der Waals surface area contributed by atoms with Crippen LogP contribution in [0.3, 0.4) is 0 Å². The molecule has 0 amide bonds. The lowest BCUT2D eigenvalue weighted by Gasteiger charge is -2.14. The van der Waals surface area contributed by atoms with Crippen LogP contribution in [0, 0.1) is 20.8 Å². The van der Waals surface area contributed by atoms with Crippen molar-refractivity contribution in [1.82, 2.24) is 0 Å². The van der Waals surface area contributed by atoms with E-state index in [4.69, 9.17) is 11.6 Å². The number of aromatic carboxylic acids is 1. The summed E-state index contributed by atoms with van der Waals surface area (Å²) in [4.78, 5) is 11.2. The molecule has 23 heavy (non-hydrogen) atoms. The number of rotatable bonds is 4. The molecular weight excluding hydrogens is 338 g/mol. The first-order valence-electron chi connectivity index (χ1n) is 6.75. The number of carboxylic acids is 1. The van der Waals surface area contributed by atoms with Crippen LogP contribution in [0.1, 0.15) is 27.0 Å². The van der Waals surface area contributed by atoms with Gasteiger partial charge in [0.05, 0.1) is 16.1 Å². The number of aryl methyl sites for hydroxylation is 3. The number of halogens is 1. The van der Waals surface area contributed by atoms with E-state index in [1.165, 1.54) is 12.1 Å². The van der Waals surface area contributed by atoms with Crippen LogP contribution in [0.4, 0.5) is 5.69 Å². The summed E-state index contributed by atoms with van der Waals surface area (Å²) >= 11 is 5.90. The Balaban J connectivity index is 2.54. The molecule has 0 aromatic heterocycles. The molecule has 2 rings (SSSR count). The van der Waals surface area contributed by atoms with Crippen molar-refractivity contribution in [2.24, 2.45) is 0 Å². The Hall–Kier alpha value is -2.05. The van der Waals surface area contributed by atoms with Crippen LogP contribution in [0.5, 0.6) is 0 Å². The topological polar surface area (TPSA) is 83.5 Å². The lowest BCUT2D eigenvalue weighted by atomic mass is 10.1. The molecule has 0 aliphatic heterocycles. The first-order chi connectivity index (χ1) is 10.6. The highest BCUT2D eigenvalue weighted by Gasteiger charge is 2.21. The third-order valence-corrected chi connectivity index (χ3v) is 5.23. The fourth-order valence-corrected chi connectivity index (χ4v) is 3.80. The van der Waals surface area contributed by atoms with Crippen molar-refractivity contribution in [3.05, 3.63) is 57.6 Å². The minimum absolute atomic E-state index is 0.0428. The van der Waals surface area contributed by atoms with Gasteiger partial charge in [0, 0.05) is 5.02 Å². The molecule has 7 heteroatoms. The third kappa shape index (κ3) is 3.65. The molecule has 122 valence electrons. The first kappa shape index (κ1) is 17.3. The van der Waals surface area contributed by atoms with Gasteiger partial charge in [0.2, 0.25) is 0 Å². The second-order valence-electron chi connectivity index (χ2n) is 5.30. The highest BCUT2D eigenvalue weighted by atomic mass is 35.5. The summed E-state index contributed by atoms with van der Waals surface area (Å²) < 4.78 is 27.7. The normalized spacial score (nSPS) is 11.3. The average molecular weight is 354 g/mol. The Kier molecular flexibility index (Phi) is 4.68. The number of anilines is 1. The molecule has 0 unspecified atom stereocenters. The average Bonchev–Trinajstić information content (AvgIpc) is 2.41. The summed E-state index contributed by atoms with van der Waals surface area (Å²) in [5.41, 5.74) is 2.00. The lowest BCUT2D eigenvalue weighted by molar-refractivity contribution is 0.0696. The van der Waals surface area contributed by atoms with Crippen molar-refractivity contribution >= 4 is 33.3 Å². The second-order valence-corrected chi connectivity index (χ2v) is 7.39. The summed E-state index contributed by atoms with van der Waals surface area (Å²) in [7, 11) is -3.93. The minimum atomic E-state index is -3.93. The van der Waals surface area contributed by atoms with Gasteiger partial charge in [-0.2, -0.15) is 0 Å². The SMILES string of the molecule is Cc1ccc(Cl)cc1NS(=O)(=O)c1cc(C(=O)O)c(C)cc1C. The van der Waals surface area contributed by atoms with Gasteiger partial charge in [-0.1, -0.05) is 23.7 Å². The quantitative estimate of drug-likeness (QED) is 0.876. The van der Waals surface area contributed by atoms with Crippen molar-refractivity contribution in [1.29, 1.82) is 0 Å². The van der Waals surface area contributed by atoms with Gasteiger partial charge in [0.15, 0.2) is 0 Å². The molecule has 0 heterocycles. The Morgan fingerprint density at radius 3 is 2.30 bits per heavy atom. The van der Waals surface area contributed by atoms with E-state index in [1.807, 2.05) is 0 Å². The molecule has 5 nitrogen and oxygen atoms in total. The number of carbonyl (C=O) groups is 1. The van der Waals surface area contributed by atoms with E-state index >= 15 is 0 Å². The zero-order chi connectivity index (χ0) is 17.4. The van der Waals surface area contributed by atoms with Crippen LogP contribution in [0.2, 0.25) is 5.02 Å². The van der Waals surface area contributed by atoms with Crippen LogP contribution in [-0.2, 0) is 10.0 Å². The largest absolute Gasteiger partial charge is 0.478 e. The summed E-state index contributed by atoms with van der Waals surface area (Å²) in [6, 6.07) is 7.59. The number of nitrogens with one attached hydrogen (secondary N) is 1. The maximum Gasteiger partial charge on any atom is 0.335 e. The van der Waals surface area contributed by atoms with E-state index in [-0.39, 0.29) is 10.5 Å². The summed E-state index contributed by atoms with van der Waals surface area (Å²) in [6.45, 7) is 5.00. The summed E-state index contributed by atoms with van der Waals surface area (Å²) in [5, 5.41) is 9.59. The van der Waals surface area contributed by atoms with Gasteiger partial charge in [0.25, 0.3) is 10.0 Å². The number of hydrogen-bond acceptors (Lipinski definition) is 3. The van der Waals surface area contributed by atoms with Crippen LogP contribution in [-0.4, -0.2) is 19.5 Å². The van der Waals surface area contributed by atoms with Gasteiger partial charge in [-0.25, -0.2) is 13.2 Å². The second kappa shape index (κ2) is 6.22. The molecule has 0 saturated heterocycles. The van der Waals surface area contributed by atoms with Crippen molar-refractivity contribution in [3.8, 4) is 0 Å². The molecular formula is C16H16ClNO4S.